The van der Waals surface area contributed by atoms with Crippen molar-refractivity contribution in [3.63, 3.8) is 0 Å². The van der Waals surface area contributed by atoms with Crippen LogP contribution in [0.4, 0.5) is 0 Å². The lowest BCUT2D eigenvalue weighted by Crippen LogP contribution is -2.48. The normalized spacial score (nSPS) is 35.1. The minimum absolute atomic E-state index is 0.140. The first-order valence-corrected chi connectivity index (χ1v) is 7.56. The molecule has 2 aliphatic rings. The minimum Gasteiger partial charge on any atom is -0.487 e. The second-order valence-corrected chi connectivity index (χ2v) is 6.63. The Balaban J connectivity index is 1.98. The SMILES string of the molecule is CC1CCCCC12C[C@H](O)c1cc(Br)ccc1O2. The molecule has 3 heteroatoms. The monoisotopic (exact) mass is 310 g/mol. The Kier molecular flexibility index (Phi) is 3.15. The van der Waals surface area contributed by atoms with Crippen LogP contribution in [-0.2, 0) is 0 Å². The molecule has 18 heavy (non-hydrogen) atoms. The van der Waals surface area contributed by atoms with Crippen LogP contribution in [0.1, 0.15) is 50.7 Å². The van der Waals surface area contributed by atoms with Crippen molar-refractivity contribution < 1.29 is 9.84 Å². The van der Waals surface area contributed by atoms with Crippen LogP contribution in [-0.4, -0.2) is 10.7 Å². The number of aliphatic hydroxyl groups excluding tert-OH is 1. The lowest BCUT2D eigenvalue weighted by molar-refractivity contribution is -0.0717. The molecule has 1 aromatic carbocycles. The molecule has 3 rings (SSSR count). The van der Waals surface area contributed by atoms with Gasteiger partial charge in [0, 0.05) is 16.5 Å². The average molecular weight is 311 g/mol. The number of halogens is 1. The zero-order chi connectivity index (χ0) is 12.8. The van der Waals surface area contributed by atoms with Crippen LogP contribution < -0.4 is 4.74 Å². The third kappa shape index (κ3) is 1.97. The predicted octanol–water partition coefficient (Wildman–Crippen LogP) is 4.21. The Morgan fingerprint density at radius 1 is 1.39 bits per heavy atom. The van der Waals surface area contributed by atoms with Gasteiger partial charge in [-0.25, -0.2) is 0 Å². The quantitative estimate of drug-likeness (QED) is 0.777. The van der Waals surface area contributed by atoms with Gasteiger partial charge in [0.15, 0.2) is 0 Å². The van der Waals surface area contributed by atoms with Crippen LogP contribution in [0.3, 0.4) is 0 Å². The van der Waals surface area contributed by atoms with Gasteiger partial charge in [-0.1, -0.05) is 29.3 Å². The summed E-state index contributed by atoms with van der Waals surface area (Å²) in [6.45, 7) is 2.26. The van der Waals surface area contributed by atoms with Crippen LogP contribution in [0, 0.1) is 5.92 Å². The molecule has 0 saturated heterocycles. The van der Waals surface area contributed by atoms with Gasteiger partial charge in [0.25, 0.3) is 0 Å². The molecule has 0 amide bonds. The fraction of sp³-hybridized carbons (Fsp3) is 0.600. The number of fused-ring (bicyclic) bond motifs is 1. The van der Waals surface area contributed by atoms with Gasteiger partial charge in [-0.2, -0.15) is 0 Å². The van der Waals surface area contributed by atoms with Crippen LogP contribution in [0.5, 0.6) is 5.75 Å². The van der Waals surface area contributed by atoms with Crippen molar-refractivity contribution in [2.24, 2.45) is 5.92 Å². The van der Waals surface area contributed by atoms with Crippen LogP contribution >= 0.6 is 15.9 Å². The summed E-state index contributed by atoms with van der Waals surface area (Å²) in [6, 6.07) is 5.93. The molecule has 0 bridgehead atoms. The van der Waals surface area contributed by atoms with Crippen LogP contribution in [0.15, 0.2) is 22.7 Å². The van der Waals surface area contributed by atoms with Crippen molar-refractivity contribution in [2.75, 3.05) is 0 Å². The van der Waals surface area contributed by atoms with E-state index in [0.717, 1.165) is 28.6 Å². The zero-order valence-corrected chi connectivity index (χ0v) is 12.2. The number of benzene rings is 1. The zero-order valence-electron chi connectivity index (χ0n) is 10.7. The Labute approximate surface area is 116 Å². The molecule has 1 heterocycles. The van der Waals surface area contributed by atoms with E-state index in [-0.39, 0.29) is 5.60 Å². The third-order valence-electron chi connectivity index (χ3n) is 4.57. The number of ether oxygens (including phenoxy) is 1. The Hall–Kier alpha value is -0.540. The smallest absolute Gasteiger partial charge is 0.126 e. The molecule has 1 aliphatic heterocycles. The molecule has 98 valence electrons. The highest BCUT2D eigenvalue weighted by Crippen LogP contribution is 2.48. The van der Waals surface area contributed by atoms with E-state index in [2.05, 4.69) is 22.9 Å². The largest absolute Gasteiger partial charge is 0.487 e. The predicted molar refractivity (Wildman–Crippen MR) is 74.7 cm³/mol. The second-order valence-electron chi connectivity index (χ2n) is 5.72. The molecule has 2 nitrogen and oxygen atoms in total. The first kappa shape index (κ1) is 12.5. The van der Waals surface area contributed by atoms with E-state index in [1.807, 2.05) is 18.2 Å². The fourth-order valence-corrected chi connectivity index (χ4v) is 3.79. The summed E-state index contributed by atoms with van der Waals surface area (Å²) in [5, 5.41) is 10.4. The molecule has 0 aromatic heterocycles. The molecule has 1 aromatic rings. The number of rotatable bonds is 0. The van der Waals surface area contributed by atoms with Gasteiger partial charge in [-0.15, -0.1) is 0 Å². The van der Waals surface area contributed by atoms with E-state index in [9.17, 15) is 5.11 Å². The summed E-state index contributed by atoms with van der Waals surface area (Å²) in [5.74, 6) is 1.39. The lowest BCUT2D eigenvalue weighted by Gasteiger charge is -2.47. The molecular formula is C15H19BrO2. The van der Waals surface area contributed by atoms with Crippen molar-refractivity contribution >= 4 is 15.9 Å². The van der Waals surface area contributed by atoms with E-state index in [4.69, 9.17) is 4.74 Å². The van der Waals surface area contributed by atoms with E-state index in [1.165, 1.54) is 19.3 Å². The van der Waals surface area contributed by atoms with Gasteiger partial charge in [0.2, 0.25) is 0 Å². The fourth-order valence-electron chi connectivity index (χ4n) is 3.41. The highest BCUT2D eigenvalue weighted by molar-refractivity contribution is 9.10. The highest BCUT2D eigenvalue weighted by Gasteiger charge is 2.45. The summed E-state index contributed by atoms with van der Waals surface area (Å²) in [7, 11) is 0. The van der Waals surface area contributed by atoms with E-state index in [1.54, 1.807) is 0 Å². The summed E-state index contributed by atoms with van der Waals surface area (Å²) < 4.78 is 7.31. The topological polar surface area (TPSA) is 29.5 Å². The second kappa shape index (κ2) is 4.53. The molecule has 0 radical (unpaired) electrons. The van der Waals surface area contributed by atoms with Crippen LogP contribution in [0.25, 0.3) is 0 Å². The first-order valence-electron chi connectivity index (χ1n) is 6.77. The average Bonchev–Trinajstić information content (AvgIpc) is 2.34. The Morgan fingerprint density at radius 2 is 2.22 bits per heavy atom. The molecule has 1 aliphatic carbocycles. The summed E-state index contributed by atoms with van der Waals surface area (Å²) in [6.07, 6.45) is 5.11. The first-order chi connectivity index (χ1) is 8.61. The Bertz CT molecular complexity index is 460. The van der Waals surface area contributed by atoms with Crippen molar-refractivity contribution in [2.45, 2.75) is 50.7 Å². The van der Waals surface area contributed by atoms with Crippen molar-refractivity contribution in [3.05, 3.63) is 28.2 Å². The summed E-state index contributed by atoms with van der Waals surface area (Å²) >= 11 is 3.45. The maximum atomic E-state index is 10.4. The van der Waals surface area contributed by atoms with E-state index >= 15 is 0 Å². The van der Waals surface area contributed by atoms with E-state index < -0.39 is 6.10 Å². The van der Waals surface area contributed by atoms with Gasteiger partial charge in [-0.3, -0.25) is 0 Å². The van der Waals surface area contributed by atoms with Crippen molar-refractivity contribution in [3.8, 4) is 5.75 Å². The summed E-state index contributed by atoms with van der Waals surface area (Å²) in [4.78, 5) is 0. The number of hydrogen-bond acceptors (Lipinski definition) is 2. The molecule has 1 saturated carbocycles. The third-order valence-corrected chi connectivity index (χ3v) is 5.06. The van der Waals surface area contributed by atoms with E-state index in [0.29, 0.717) is 5.92 Å². The van der Waals surface area contributed by atoms with Gasteiger partial charge >= 0.3 is 0 Å². The van der Waals surface area contributed by atoms with Gasteiger partial charge in [-0.05, 0) is 43.4 Å². The maximum Gasteiger partial charge on any atom is 0.126 e. The Morgan fingerprint density at radius 3 is 3.00 bits per heavy atom. The standard InChI is InChI=1S/C15H19BrO2/c1-10-4-2-3-7-15(10)9-13(17)12-8-11(16)5-6-14(12)18-15/h5-6,8,10,13,17H,2-4,7,9H2,1H3/t10?,13-,15?/m0/s1. The molecule has 1 N–H and O–H groups in total. The van der Waals surface area contributed by atoms with Crippen LogP contribution in [0.2, 0.25) is 0 Å². The number of hydrogen-bond donors (Lipinski definition) is 1. The van der Waals surface area contributed by atoms with Crippen molar-refractivity contribution in [1.82, 2.24) is 0 Å². The summed E-state index contributed by atoms with van der Waals surface area (Å²) in [5.41, 5.74) is 0.783. The highest BCUT2D eigenvalue weighted by atomic mass is 79.9. The minimum atomic E-state index is -0.396. The van der Waals surface area contributed by atoms with Gasteiger partial charge in [0.05, 0.1) is 6.10 Å². The molecule has 3 atom stereocenters. The van der Waals surface area contributed by atoms with Gasteiger partial charge in [0.1, 0.15) is 11.4 Å². The molecule has 1 fully saturated rings. The molecular weight excluding hydrogens is 292 g/mol. The number of aliphatic hydroxyl groups is 1. The molecule has 1 spiro atoms. The maximum absolute atomic E-state index is 10.4. The molecule has 2 unspecified atom stereocenters. The lowest BCUT2D eigenvalue weighted by atomic mass is 9.71. The van der Waals surface area contributed by atoms with Gasteiger partial charge < -0.3 is 9.84 Å². The van der Waals surface area contributed by atoms with Crippen molar-refractivity contribution in [1.29, 1.82) is 0 Å².